The van der Waals surface area contributed by atoms with Crippen molar-refractivity contribution < 1.29 is 0 Å². The lowest BCUT2D eigenvalue weighted by molar-refractivity contribution is 0.206. The Balaban J connectivity index is 1.89. The first-order valence-corrected chi connectivity index (χ1v) is 10.3. The quantitative estimate of drug-likeness (QED) is 0.610. The van der Waals surface area contributed by atoms with Crippen molar-refractivity contribution in [3.05, 3.63) is 29.0 Å². The van der Waals surface area contributed by atoms with Crippen LogP contribution in [0.25, 0.3) is 11.4 Å². The van der Waals surface area contributed by atoms with Gasteiger partial charge in [-0.15, -0.1) is 0 Å². The van der Waals surface area contributed by atoms with E-state index >= 15 is 0 Å². The van der Waals surface area contributed by atoms with E-state index in [1.54, 1.807) is 0 Å². The fourth-order valence-corrected chi connectivity index (χ4v) is 3.84. The van der Waals surface area contributed by atoms with E-state index in [-0.39, 0.29) is 0 Å². The molecule has 1 heterocycles. The summed E-state index contributed by atoms with van der Waals surface area (Å²) in [5, 5.41) is 4.88. The molecule has 1 saturated carbocycles. The number of hydrogen-bond acceptors (Lipinski definition) is 4. The van der Waals surface area contributed by atoms with Crippen molar-refractivity contribution in [1.82, 2.24) is 19.2 Å². The van der Waals surface area contributed by atoms with E-state index in [0.717, 1.165) is 49.0 Å². The molecule has 0 saturated heterocycles. The number of aromatic nitrogens is 3. The normalized spacial score (nSPS) is 14.2. The van der Waals surface area contributed by atoms with Gasteiger partial charge in [-0.05, 0) is 76.6 Å². The Morgan fingerprint density at radius 2 is 1.69 bits per heavy atom. The van der Waals surface area contributed by atoms with Crippen LogP contribution in [0.15, 0.2) is 24.3 Å². The maximum Gasteiger partial charge on any atom is 0.199 e. The van der Waals surface area contributed by atoms with Gasteiger partial charge in [-0.1, -0.05) is 6.92 Å². The van der Waals surface area contributed by atoms with Crippen LogP contribution < -0.4 is 4.90 Å². The molecule has 2 aromatic rings. The number of nitrogens with zero attached hydrogens (tertiary/aromatic N) is 5. The highest BCUT2D eigenvalue weighted by Crippen LogP contribution is 2.28. The lowest BCUT2D eigenvalue weighted by atomic mass is 10.2. The molecule has 3 rings (SSSR count). The fourth-order valence-electron chi connectivity index (χ4n) is 3.53. The summed E-state index contributed by atoms with van der Waals surface area (Å²) < 4.78 is 4.95. The Hall–Kier alpha value is -1.66. The van der Waals surface area contributed by atoms with Gasteiger partial charge >= 0.3 is 0 Å². The zero-order chi connectivity index (χ0) is 18.7. The zero-order valence-electron chi connectivity index (χ0n) is 16.5. The third-order valence-electron chi connectivity index (χ3n) is 5.28. The van der Waals surface area contributed by atoms with Crippen LogP contribution in [-0.2, 0) is 13.2 Å². The van der Waals surface area contributed by atoms with Gasteiger partial charge in [0.2, 0.25) is 0 Å². The second-order valence-corrected chi connectivity index (χ2v) is 7.21. The van der Waals surface area contributed by atoms with Crippen molar-refractivity contribution in [2.45, 2.75) is 59.8 Å². The van der Waals surface area contributed by atoms with Crippen LogP contribution in [0, 0.1) is 4.77 Å². The summed E-state index contributed by atoms with van der Waals surface area (Å²) in [6.45, 7) is 13.4. The third kappa shape index (κ3) is 3.86. The highest BCUT2D eigenvalue weighted by atomic mass is 32.1. The van der Waals surface area contributed by atoms with Crippen molar-refractivity contribution in [2.24, 2.45) is 0 Å². The van der Waals surface area contributed by atoms with E-state index in [0.29, 0.717) is 6.04 Å². The second kappa shape index (κ2) is 8.35. The summed E-state index contributed by atoms with van der Waals surface area (Å²) in [4.78, 5) is 4.82. The lowest BCUT2D eigenvalue weighted by Gasteiger charge is -2.21. The van der Waals surface area contributed by atoms with Crippen LogP contribution in [0.1, 0.15) is 40.5 Å². The minimum Gasteiger partial charge on any atom is -0.372 e. The Morgan fingerprint density at radius 1 is 1.04 bits per heavy atom. The zero-order valence-corrected chi connectivity index (χ0v) is 17.3. The van der Waals surface area contributed by atoms with Gasteiger partial charge in [0.25, 0.3) is 0 Å². The maximum atomic E-state index is 5.72. The molecular formula is C20H31N5S. The SMILES string of the molecule is CCN(CC)c1ccc(-c2nn(CN(CC)C3CC3)c(=S)n2CC)cc1. The standard InChI is InChI=1S/C20H31N5S/c1-5-22(6-2)17-11-9-16(10-12-17)19-21-25(20(26)24(19)8-4)15-23(7-3)18-13-14-18/h9-12,18H,5-8,13-15H2,1-4H3. The fraction of sp³-hybridized carbons (Fsp3) is 0.600. The lowest BCUT2D eigenvalue weighted by Crippen LogP contribution is -2.29. The highest BCUT2D eigenvalue weighted by molar-refractivity contribution is 7.71. The molecule has 6 heteroatoms. The molecular weight excluding hydrogens is 342 g/mol. The molecule has 1 aliphatic rings. The summed E-state index contributed by atoms with van der Waals surface area (Å²) in [6, 6.07) is 9.42. The molecule has 0 aliphatic heterocycles. The first kappa shape index (κ1) is 19.1. The smallest absolute Gasteiger partial charge is 0.199 e. The van der Waals surface area contributed by atoms with Gasteiger partial charge in [-0.25, -0.2) is 4.68 Å². The molecule has 5 nitrogen and oxygen atoms in total. The van der Waals surface area contributed by atoms with E-state index in [4.69, 9.17) is 17.3 Å². The highest BCUT2D eigenvalue weighted by Gasteiger charge is 2.28. The van der Waals surface area contributed by atoms with Crippen LogP contribution in [0.3, 0.4) is 0 Å². The van der Waals surface area contributed by atoms with Gasteiger partial charge in [-0.2, -0.15) is 5.10 Å². The molecule has 1 aromatic carbocycles. The molecule has 0 atom stereocenters. The van der Waals surface area contributed by atoms with Crippen LogP contribution >= 0.6 is 12.2 Å². The molecule has 1 aromatic heterocycles. The van der Waals surface area contributed by atoms with Crippen molar-refractivity contribution in [2.75, 3.05) is 24.5 Å². The number of rotatable bonds is 9. The third-order valence-corrected chi connectivity index (χ3v) is 5.71. The van der Waals surface area contributed by atoms with Gasteiger partial charge in [0.05, 0.1) is 6.67 Å². The van der Waals surface area contributed by atoms with E-state index in [9.17, 15) is 0 Å². The predicted molar refractivity (Wildman–Crippen MR) is 111 cm³/mol. The number of anilines is 1. The van der Waals surface area contributed by atoms with Crippen molar-refractivity contribution in [1.29, 1.82) is 0 Å². The summed E-state index contributed by atoms with van der Waals surface area (Å²) in [5.74, 6) is 0.968. The molecule has 1 aliphatic carbocycles. The maximum absolute atomic E-state index is 5.72. The summed E-state index contributed by atoms with van der Waals surface area (Å²) >= 11 is 5.72. The first-order valence-electron chi connectivity index (χ1n) is 9.89. The number of benzene rings is 1. The molecule has 1 fully saturated rings. The Bertz CT molecular complexity index is 768. The van der Waals surface area contributed by atoms with Gasteiger partial charge in [0.15, 0.2) is 10.6 Å². The van der Waals surface area contributed by atoms with Gasteiger partial charge < -0.3 is 9.47 Å². The molecule has 0 unspecified atom stereocenters. The van der Waals surface area contributed by atoms with Crippen molar-refractivity contribution in [3.8, 4) is 11.4 Å². The molecule has 142 valence electrons. The second-order valence-electron chi connectivity index (χ2n) is 6.85. The monoisotopic (exact) mass is 373 g/mol. The number of hydrogen-bond donors (Lipinski definition) is 0. The average molecular weight is 374 g/mol. The van der Waals surface area contributed by atoms with Crippen molar-refractivity contribution >= 4 is 17.9 Å². The predicted octanol–water partition coefficient (Wildman–Crippen LogP) is 4.39. The molecule has 0 bridgehead atoms. The van der Waals surface area contributed by atoms with Crippen LogP contribution in [0.5, 0.6) is 0 Å². The van der Waals surface area contributed by atoms with E-state index in [2.05, 4.69) is 66.3 Å². The first-order chi connectivity index (χ1) is 12.6. The van der Waals surface area contributed by atoms with Crippen LogP contribution in [-0.4, -0.2) is 44.9 Å². The Labute approximate surface area is 162 Å². The van der Waals surface area contributed by atoms with E-state index in [1.165, 1.54) is 18.5 Å². The molecule has 0 amide bonds. The van der Waals surface area contributed by atoms with Crippen molar-refractivity contribution in [3.63, 3.8) is 0 Å². The Morgan fingerprint density at radius 3 is 2.19 bits per heavy atom. The molecule has 0 radical (unpaired) electrons. The summed E-state index contributed by atoms with van der Waals surface area (Å²) in [6.07, 6.45) is 2.60. The summed E-state index contributed by atoms with van der Waals surface area (Å²) in [7, 11) is 0. The molecule has 0 N–H and O–H groups in total. The van der Waals surface area contributed by atoms with Gasteiger partial charge in [0, 0.05) is 36.9 Å². The van der Waals surface area contributed by atoms with Gasteiger partial charge in [0.1, 0.15) is 0 Å². The van der Waals surface area contributed by atoms with E-state index in [1.807, 2.05) is 4.68 Å². The molecule has 0 spiro atoms. The molecule has 26 heavy (non-hydrogen) atoms. The van der Waals surface area contributed by atoms with Crippen LogP contribution in [0.2, 0.25) is 0 Å². The topological polar surface area (TPSA) is 29.2 Å². The van der Waals surface area contributed by atoms with E-state index < -0.39 is 0 Å². The summed E-state index contributed by atoms with van der Waals surface area (Å²) in [5.41, 5.74) is 2.38. The van der Waals surface area contributed by atoms with Crippen LogP contribution in [0.4, 0.5) is 5.69 Å². The largest absolute Gasteiger partial charge is 0.372 e. The van der Waals surface area contributed by atoms with Gasteiger partial charge in [-0.3, -0.25) is 4.90 Å². The minimum atomic E-state index is 0.713. The Kier molecular flexibility index (Phi) is 6.14. The average Bonchev–Trinajstić information content (AvgIpc) is 3.46. The minimum absolute atomic E-state index is 0.713.